The summed E-state index contributed by atoms with van der Waals surface area (Å²) in [5.74, 6) is 0.112. The Morgan fingerprint density at radius 2 is 1.71 bits per heavy atom. The van der Waals surface area contributed by atoms with Crippen LogP contribution in [0.4, 0.5) is 5.69 Å². The van der Waals surface area contributed by atoms with Gasteiger partial charge in [0.2, 0.25) is 28.6 Å². The van der Waals surface area contributed by atoms with E-state index in [1.165, 1.54) is 11.0 Å². The van der Waals surface area contributed by atoms with E-state index in [1.807, 2.05) is 45.0 Å². The van der Waals surface area contributed by atoms with E-state index in [1.54, 1.807) is 19.1 Å². The molecule has 0 saturated heterocycles. The monoisotopic (exact) mass is 503 g/mol. The Labute approximate surface area is 207 Å². The van der Waals surface area contributed by atoms with Gasteiger partial charge in [0, 0.05) is 18.7 Å². The van der Waals surface area contributed by atoms with Crippen LogP contribution in [-0.4, -0.2) is 56.8 Å². The molecule has 1 aliphatic heterocycles. The van der Waals surface area contributed by atoms with Crippen molar-refractivity contribution in [2.75, 3.05) is 23.9 Å². The topological polar surface area (TPSA) is 105 Å². The highest BCUT2D eigenvalue weighted by molar-refractivity contribution is 7.92. The van der Waals surface area contributed by atoms with E-state index in [0.29, 0.717) is 11.5 Å². The quantitative estimate of drug-likeness (QED) is 0.535. The number of hydrogen-bond acceptors (Lipinski definition) is 6. The molecule has 1 aliphatic rings. The van der Waals surface area contributed by atoms with Crippen LogP contribution < -0.4 is 19.1 Å². The SMILES string of the molecule is CC[C@H](C)NC(=O)[C@H](C)N(Cc1ccc(C)cc1)C(=O)CN(c1ccc2c(c1)OCO2)S(C)(=O)=O. The van der Waals surface area contributed by atoms with Gasteiger partial charge in [-0.2, -0.15) is 0 Å². The van der Waals surface area contributed by atoms with Crippen LogP contribution in [0.15, 0.2) is 42.5 Å². The number of ether oxygens (including phenoxy) is 2. The number of aryl methyl sites for hydroxylation is 1. The van der Waals surface area contributed by atoms with Crippen molar-refractivity contribution in [3.8, 4) is 11.5 Å². The van der Waals surface area contributed by atoms with Gasteiger partial charge in [0.25, 0.3) is 0 Å². The van der Waals surface area contributed by atoms with E-state index in [0.717, 1.165) is 28.1 Å². The second-order valence-corrected chi connectivity index (χ2v) is 10.7. The molecule has 0 aromatic heterocycles. The third-order valence-corrected chi connectivity index (χ3v) is 7.11. The van der Waals surface area contributed by atoms with Crippen LogP contribution in [0.3, 0.4) is 0 Å². The lowest BCUT2D eigenvalue weighted by Gasteiger charge is -2.32. The number of nitrogens with zero attached hydrogens (tertiary/aromatic N) is 2. The molecule has 3 rings (SSSR count). The first-order chi connectivity index (χ1) is 16.5. The number of sulfonamides is 1. The Morgan fingerprint density at radius 1 is 1.06 bits per heavy atom. The zero-order chi connectivity index (χ0) is 25.8. The van der Waals surface area contributed by atoms with Crippen LogP contribution in [0.5, 0.6) is 11.5 Å². The number of carbonyl (C=O) groups excluding carboxylic acids is 2. The predicted octanol–water partition coefficient (Wildman–Crippen LogP) is 2.82. The lowest BCUT2D eigenvalue weighted by atomic mass is 10.1. The molecule has 10 heteroatoms. The number of fused-ring (bicyclic) bond motifs is 1. The van der Waals surface area contributed by atoms with Crippen molar-refractivity contribution in [2.24, 2.45) is 0 Å². The Morgan fingerprint density at radius 3 is 2.34 bits per heavy atom. The molecular weight excluding hydrogens is 470 g/mol. The van der Waals surface area contributed by atoms with E-state index in [4.69, 9.17) is 9.47 Å². The van der Waals surface area contributed by atoms with Crippen molar-refractivity contribution in [3.05, 3.63) is 53.6 Å². The van der Waals surface area contributed by atoms with Gasteiger partial charge in [-0.3, -0.25) is 13.9 Å². The summed E-state index contributed by atoms with van der Waals surface area (Å²) in [5.41, 5.74) is 2.18. The van der Waals surface area contributed by atoms with Gasteiger partial charge in [0.05, 0.1) is 11.9 Å². The Bertz CT molecular complexity index is 1170. The summed E-state index contributed by atoms with van der Waals surface area (Å²) in [7, 11) is -3.82. The predicted molar refractivity (Wildman–Crippen MR) is 134 cm³/mol. The minimum atomic E-state index is -3.82. The molecule has 0 spiro atoms. The summed E-state index contributed by atoms with van der Waals surface area (Å²) in [4.78, 5) is 27.9. The summed E-state index contributed by atoms with van der Waals surface area (Å²) in [5, 5.41) is 2.91. The molecule has 35 heavy (non-hydrogen) atoms. The second kappa shape index (κ2) is 11.0. The van der Waals surface area contributed by atoms with Gasteiger partial charge in [-0.1, -0.05) is 36.8 Å². The number of rotatable bonds is 10. The van der Waals surface area contributed by atoms with Gasteiger partial charge < -0.3 is 19.7 Å². The van der Waals surface area contributed by atoms with E-state index >= 15 is 0 Å². The molecule has 0 bridgehead atoms. The van der Waals surface area contributed by atoms with Crippen LogP contribution in [0.2, 0.25) is 0 Å². The molecule has 2 amide bonds. The Balaban J connectivity index is 1.90. The number of carbonyl (C=O) groups is 2. The first kappa shape index (κ1) is 26.3. The summed E-state index contributed by atoms with van der Waals surface area (Å²) >= 11 is 0. The molecule has 0 unspecified atom stereocenters. The fourth-order valence-electron chi connectivity index (χ4n) is 3.59. The zero-order valence-corrected chi connectivity index (χ0v) is 21.6. The number of hydrogen-bond donors (Lipinski definition) is 1. The molecule has 0 radical (unpaired) electrons. The zero-order valence-electron chi connectivity index (χ0n) is 20.8. The summed E-state index contributed by atoms with van der Waals surface area (Å²) < 4.78 is 37.0. The van der Waals surface area contributed by atoms with E-state index < -0.39 is 28.5 Å². The molecule has 190 valence electrons. The molecule has 9 nitrogen and oxygen atoms in total. The third kappa shape index (κ3) is 6.66. The van der Waals surface area contributed by atoms with Crippen molar-refractivity contribution in [1.82, 2.24) is 10.2 Å². The molecule has 1 N–H and O–H groups in total. The van der Waals surface area contributed by atoms with E-state index in [-0.39, 0.29) is 31.0 Å². The van der Waals surface area contributed by atoms with Crippen molar-refractivity contribution in [1.29, 1.82) is 0 Å². The highest BCUT2D eigenvalue weighted by atomic mass is 32.2. The van der Waals surface area contributed by atoms with Crippen LogP contribution in [0.25, 0.3) is 0 Å². The summed E-state index contributed by atoms with van der Waals surface area (Å²) in [6.07, 6.45) is 1.78. The van der Waals surface area contributed by atoms with Crippen molar-refractivity contribution in [3.63, 3.8) is 0 Å². The van der Waals surface area contributed by atoms with Crippen molar-refractivity contribution < 1.29 is 27.5 Å². The highest BCUT2D eigenvalue weighted by Crippen LogP contribution is 2.36. The lowest BCUT2D eigenvalue weighted by molar-refractivity contribution is -0.139. The van der Waals surface area contributed by atoms with Crippen molar-refractivity contribution >= 4 is 27.5 Å². The van der Waals surface area contributed by atoms with Crippen LogP contribution in [0, 0.1) is 6.92 Å². The smallest absolute Gasteiger partial charge is 0.244 e. The minimum absolute atomic E-state index is 0.0454. The first-order valence-electron chi connectivity index (χ1n) is 11.5. The fourth-order valence-corrected chi connectivity index (χ4v) is 4.43. The van der Waals surface area contributed by atoms with Gasteiger partial charge in [-0.05, 0) is 44.9 Å². The average Bonchev–Trinajstić information content (AvgIpc) is 3.28. The molecular formula is C25H33N3O6S. The second-order valence-electron chi connectivity index (χ2n) is 8.81. The standard InChI is InChI=1S/C25H33N3O6S/c1-6-18(3)26-25(30)19(4)27(14-20-9-7-17(2)8-10-20)24(29)15-28(35(5,31)32)21-11-12-22-23(13-21)34-16-33-22/h7-13,18-19H,6,14-16H2,1-5H3,(H,26,30)/t18-,19-/m0/s1. The van der Waals surface area contributed by atoms with Crippen molar-refractivity contribution in [2.45, 2.75) is 52.7 Å². The summed E-state index contributed by atoms with van der Waals surface area (Å²) in [6, 6.07) is 11.5. The maximum atomic E-state index is 13.6. The molecule has 2 aromatic rings. The minimum Gasteiger partial charge on any atom is -0.454 e. The van der Waals surface area contributed by atoms with Gasteiger partial charge in [0.1, 0.15) is 12.6 Å². The molecule has 0 saturated carbocycles. The molecule has 0 fully saturated rings. The maximum absolute atomic E-state index is 13.6. The Kier molecular flexibility index (Phi) is 8.26. The maximum Gasteiger partial charge on any atom is 0.244 e. The first-order valence-corrected chi connectivity index (χ1v) is 13.4. The van der Waals surface area contributed by atoms with Gasteiger partial charge in [0.15, 0.2) is 11.5 Å². The molecule has 2 aromatic carbocycles. The molecule has 2 atom stereocenters. The highest BCUT2D eigenvalue weighted by Gasteiger charge is 2.31. The Hall–Kier alpha value is -3.27. The fraction of sp³-hybridized carbons (Fsp3) is 0.440. The number of nitrogens with one attached hydrogen (secondary N) is 1. The van der Waals surface area contributed by atoms with Gasteiger partial charge >= 0.3 is 0 Å². The third-order valence-electron chi connectivity index (χ3n) is 5.97. The van der Waals surface area contributed by atoms with Crippen LogP contribution >= 0.6 is 0 Å². The normalized spacial score (nSPS) is 14.2. The van der Waals surface area contributed by atoms with Gasteiger partial charge in [-0.15, -0.1) is 0 Å². The average molecular weight is 504 g/mol. The number of benzene rings is 2. The number of amides is 2. The van der Waals surface area contributed by atoms with Crippen LogP contribution in [-0.2, 0) is 26.2 Å². The van der Waals surface area contributed by atoms with Crippen LogP contribution in [0.1, 0.15) is 38.3 Å². The lowest BCUT2D eigenvalue weighted by Crippen LogP contribution is -2.52. The number of anilines is 1. The largest absolute Gasteiger partial charge is 0.454 e. The van der Waals surface area contributed by atoms with E-state index in [2.05, 4.69) is 5.32 Å². The van der Waals surface area contributed by atoms with Gasteiger partial charge in [-0.25, -0.2) is 8.42 Å². The molecule has 0 aliphatic carbocycles. The molecule has 1 heterocycles. The summed E-state index contributed by atoms with van der Waals surface area (Å²) in [6.45, 7) is 7.20. The van der Waals surface area contributed by atoms with E-state index in [9.17, 15) is 18.0 Å².